The van der Waals surface area contributed by atoms with Crippen molar-refractivity contribution in [1.29, 1.82) is 0 Å². The lowest BCUT2D eigenvalue weighted by atomic mass is 10.1. The van der Waals surface area contributed by atoms with Gasteiger partial charge in [0.1, 0.15) is 5.69 Å². The number of hydrogen-bond donors (Lipinski definition) is 1. The summed E-state index contributed by atoms with van der Waals surface area (Å²) in [5, 5.41) is 13.5. The Morgan fingerprint density at radius 3 is 2.72 bits per heavy atom. The molecule has 0 aliphatic carbocycles. The summed E-state index contributed by atoms with van der Waals surface area (Å²) in [5.41, 5.74) is 1.91. The molecule has 1 N–H and O–H groups in total. The van der Waals surface area contributed by atoms with Crippen LogP contribution in [0, 0.1) is 0 Å². The van der Waals surface area contributed by atoms with Gasteiger partial charge in [0, 0.05) is 11.8 Å². The van der Waals surface area contributed by atoms with Gasteiger partial charge in [-0.2, -0.15) is 0 Å². The van der Waals surface area contributed by atoms with E-state index in [9.17, 15) is 4.79 Å². The number of rotatable bonds is 2. The minimum atomic E-state index is -1.02. The zero-order valence-electron chi connectivity index (χ0n) is 9.20. The molecule has 0 fully saturated rings. The van der Waals surface area contributed by atoms with E-state index in [1.807, 2.05) is 30.3 Å². The largest absolute Gasteiger partial charge is 0.478 e. The number of carbonyl (C=O) groups is 1. The molecule has 88 valence electrons. The van der Waals surface area contributed by atoms with Crippen molar-refractivity contribution in [3.63, 3.8) is 0 Å². The van der Waals surface area contributed by atoms with E-state index in [1.165, 1.54) is 12.3 Å². The van der Waals surface area contributed by atoms with Crippen LogP contribution < -0.4 is 0 Å². The zero-order valence-corrected chi connectivity index (χ0v) is 9.20. The molecule has 5 nitrogen and oxygen atoms in total. The Balaban J connectivity index is 2.24. The van der Waals surface area contributed by atoms with Crippen molar-refractivity contribution in [2.75, 3.05) is 0 Å². The Kier molecular flexibility index (Phi) is 2.30. The van der Waals surface area contributed by atoms with Crippen LogP contribution in [0.5, 0.6) is 0 Å². The average Bonchev–Trinajstić information content (AvgIpc) is 2.82. The average molecular weight is 240 g/mol. The first-order valence-corrected chi connectivity index (χ1v) is 5.30. The predicted octanol–water partition coefficient (Wildman–Crippen LogP) is 2.59. The van der Waals surface area contributed by atoms with Crippen LogP contribution in [0.4, 0.5) is 0 Å². The van der Waals surface area contributed by atoms with Gasteiger partial charge in [-0.3, -0.25) is 0 Å². The fraction of sp³-hybridized carbons (Fsp3) is 0. The molecule has 0 saturated carbocycles. The molecule has 0 amide bonds. The SMILES string of the molecule is O=C(O)c1cnc2onc(-c3ccccc3)c2c1. The van der Waals surface area contributed by atoms with E-state index in [2.05, 4.69) is 10.1 Å². The quantitative estimate of drug-likeness (QED) is 0.745. The van der Waals surface area contributed by atoms with Crippen molar-refractivity contribution >= 4 is 17.1 Å². The molecule has 0 atom stereocenters. The van der Waals surface area contributed by atoms with Gasteiger partial charge in [-0.15, -0.1) is 0 Å². The van der Waals surface area contributed by atoms with Crippen molar-refractivity contribution in [3.8, 4) is 11.3 Å². The van der Waals surface area contributed by atoms with Gasteiger partial charge in [-0.05, 0) is 6.07 Å². The van der Waals surface area contributed by atoms with Crippen molar-refractivity contribution in [2.45, 2.75) is 0 Å². The summed E-state index contributed by atoms with van der Waals surface area (Å²) in [6.07, 6.45) is 1.25. The molecule has 0 bridgehead atoms. The second kappa shape index (κ2) is 3.96. The maximum Gasteiger partial charge on any atom is 0.337 e. The second-order valence-electron chi connectivity index (χ2n) is 3.78. The monoisotopic (exact) mass is 240 g/mol. The molecule has 2 heterocycles. The first kappa shape index (κ1) is 10.5. The molecule has 18 heavy (non-hydrogen) atoms. The minimum absolute atomic E-state index is 0.114. The normalized spacial score (nSPS) is 10.7. The molecule has 0 spiro atoms. The predicted molar refractivity (Wildman–Crippen MR) is 64.2 cm³/mol. The van der Waals surface area contributed by atoms with Gasteiger partial charge < -0.3 is 9.63 Å². The highest BCUT2D eigenvalue weighted by Crippen LogP contribution is 2.27. The third-order valence-electron chi connectivity index (χ3n) is 2.62. The maximum atomic E-state index is 10.9. The number of hydrogen-bond acceptors (Lipinski definition) is 4. The van der Waals surface area contributed by atoms with E-state index < -0.39 is 5.97 Å². The van der Waals surface area contributed by atoms with Crippen LogP contribution in [0.1, 0.15) is 10.4 Å². The molecule has 5 heteroatoms. The number of pyridine rings is 1. The molecular formula is C13H8N2O3. The Morgan fingerprint density at radius 1 is 1.22 bits per heavy atom. The highest BCUT2D eigenvalue weighted by molar-refractivity contribution is 5.96. The van der Waals surface area contributed by atoms with Gasteiger partial charge in [-0.25, -0.2) is 9.78 Å². The molecule has 0 saturated heterocycles. The summed E-state index contributed by atoms with van der Waals surface area (Å²) in [7, 11) is 0. The Morgan fingerprint density at radius 2 is 2.00 bits per heavy atom. The standard InChI is InChI=1S/C13H8N2O3/c16-13(17)9-6-10-11(8-4-2-1-3-5-8)15-18-12(10)14-7-9/h1-7H,(H,16,17). The Hall–Kier alpha value is -2.69. The summed E-state index contributed by atoms with van der Waals surface area (Å²) in [5.74, 6) is -1.02. The van der Waals surface area contributed by atoms with Crippen LogP contribution in [-0.2, 0) is 0 Å². The van der Waals surface area contributed by atoms with Gasteiger partial charge in [-0.1, -0.05) is 35.5 Å². The van der Waals surface area contributed by atoms with Crippen LogP contribution in [0.25, 0.3) is 22.4 Å². The van der Waals surface area contributed by atoms with E-state index in [0.29, 0.717) is 16.8 Å². The number of nitrogens with zero attached hydrogens (tertiary/aromatic N) is 2. The summed E-state index contributed by atoms with van der Waals surface area (Å²) in [6, 6.07) is 10.9. The third kappa shape index (κ3) is 1.62. The number of carboxylic acid groups (broad SMARTS) is 1. The van der Waals surface area contributed by atoms with Crippen molar-refractivity contribution in [3.05, 3.63) is 48.2 Å². The van der Waals surface area contributed by atoms with E-state index in [0.717, 1.165) is 5.56 Å². The number of aromatic nitrogens is 2. The lowest BCUT2D eigenvalue weighted by molar-refractivity contribution is 0.0696. The fourth-order valence-corrected chi connectivity index (χ4v) is 1.75. The number of carboxylic acids is 1. The molecule has 0 aliphatic heterocycles. The van der Waals surface area contributed by atoms with E-state index in [4.69, 9.17) is 9.63 Å². The molecule has 0 aliphatic rings. The number of benzene rings is 1. The molecule has 1 aromatic carbocycles. The highest BCUT2D eigenvalue weighted by atomic mass is 16.5. The summed E-state index contributed by atoms with van der Waals surface area (Å²) < 4.78 is 5.08. The van der Waals surface area contributed by atoms with E-state index in [1.54, 1.807) is 0 Å². The van der Waals surface area contributed by atoms with Crippen LogP contribution in [0.15, 0.2) is 47.1 Å². The molecule has 0 unspecified atom stereocenters. The highest BCUT2D eigenvalue weighted by Gasteiger charge is 2.13. The Bertz CT molecular complexity index is 719. The molecular weight excluding hydrogens is 232 g/mol. The molecule has 0 radical (unpaired) electrons. The summed E-state index contributed by atoms with van der Waals surface area (Å²) in [4.78, 5) is 14.9. The van der Waals surface area contributed by atoms with Crippen LogP contribution in [0.3, 0.4) is 0 Å². The first-order valence-electron chi connectivity index (χ1n) is 5.30. The van der Waals surface area contributed by atoms with Gasteiger partial charge in [0.2, 0.25) is 0 Å². The second-order valence-corrected chi connectivity index (χ2v) is 3.78. The Labute approximate surface area is 102 Å². The van der Waals surface area contributed by atoms with Crippen molar-refractivity contribution < 1.29 is 14.4 Å². The van der Waals surface area contributed by atoms with Gasteiger partial charge in [0.25, 0.3) is 5.71 Å². The van der Waals surface area contributed by atoms with Gasteiger partial charge >= 0.3 is 5.97 Å². The van der Waals surface area contributed by atoms with Crippen LogP contribution in [-0.4, -0.2) is 21.2 Å². The molecule has 3 aromatic rings. The van der Waals surface area contributed by atoms with Crippen molar-refractivity contribution in [1.82, 2.24) is 10.1 Å². The smallest absolute Gasteiger partial charge is 0.337 e. The maximum absolute atomic E-state index is 10.9. The lowest BCUT2D eigenvalue weighted by Gasteiger charge is -1.96. The minimum Gasteiger partial charge on any atom is -0.478 e. The van der Waals surface area contributed by atoms with Crippen LogP contribution >= 0.6 is 0 Å². The van der Waals surface area contributed by atoms with Gasteiger partial charge in [0.05, 0.1) is 10.9 Å². The molecule has 2 aromatic heterocycles. The van der Waals surface area contributed by atoms with Crippen molar-refractivity contribution in [2.24, 2.45) is 0 Å². The lowest BCUT2D eigenvalue weighted by Crippen LogP contribution is -1.96. The number of aromatic carboxylic acids is 1. The van der Waals surface area contributed by atoms with E-state index in [-0.39, 0.29) is 5.56 Å². The van der Waals surface area contributed by atoms with Crippen LogP contribution in [0.2, 0.25) is 0 Å². The first-order chi connectivity index (χ1) is 8.75. The summed E-state index contributed by atoms with van der Waals surface area (Å²) >= 11 is 0. The third-order valence-corrected chi connectivity index (χ3v) is 2.62. The number of fused-ring (bicyclic) bond motifs is 1. The topological polar surface area (TPSA) is 76.2 Å². The van der Waals surface area contributed by atoms with E-state index >= 15 is 0 Å². The van der Waals surface area contributed by atoms with Gasteiger partial charge in [0.15, 0.2) is 0 Å². The zero-order chi connectivity index (χ0) is 12.5. The summed E-state index contributed by atoms with van der Waals surface area (Å²) in [6.45, 7) is 0. The molecule has 3 rings (SSSR count). The fourth-order valence-electron chi connectivity index (χ4n) is 1.75.